The van der Waals surface area contributed by atoms with Crippen LogP contribution in [0.1, 0.15) is 22.7 Å². The highest BCUT2D eigenvalue weighted by Gasteiger charge is 2.24. The monoisotopic (exact) mass is 481 g/mol. The van der Waals surface area contributed by atoms with Crippen LogP contribution in [0.25, 0.3) is 11.1 Å². The fraction of sp³-hybridized carbons (Fsp3) is 0.107. The summed E-state index contributed by atoms with van der Waals surface area (Å²) in [7, 11) is 0. The molecule has 2 amide bonds. The van der Waals surface area contributed by atoms with E-state index in [9.17, 15) is 9.59 Å². The van der Waals surface area contributed by atoms with Gasteiger partial charge in [-0.15, -0.1) is 0 Å². The number of ether oxygens (including phenoxy) is 1. The second-order valence-corrected chi connectivity index (χ2v) is 8.13. The smallest absolute Gasteiger partial charge is 0.408 e. The van der Waals surface area contributed by atoms with Gasteiger partial charge in [-0.3, -0.25) is 4.79 Å². The Kier molecular flexibility index (Phi) is 7.90. The van der Waals surface area contributed by atoms with E-state index in [0.29, 0.717) is 23.6 Å². The van der Waals surface area contributed by atoms with Gasteiger partial charge in [-0.25, -0.2) is 9.78 Å². The molecule has 0 unspecified atom stereocenters. The standard InChI is InChI=1S/C28H27N5O3/c29-16-20-8-4-11-24(14-20)32-27(34)26(33-28(35)36-18-19-6-2-1-3-7-19)22-10-5-9-21(15-22)23-12-13-25(30)31-17-23/h1-15,17,26H,16,18,29H2,(H2,30,31)(H,32,34)(H,33,35)/t26-/m0/s1. The lowest BCUT2D eigenvalue weighted by molar-refractivity contribution is -0.118. The first-order valence-electron chi connectivity index (χ1n) is 11.4. The molecule has 6 N–H and O–H groups in total. The minimum atomic E-state index is -1.02. The summed E-state index contributed by atoms with van der Waals surface area (Å²) in [5.74, 6) is -0.0110. The molecule has 0 aliphatic carbocycles. The first-order valence-corrected chi connectivity index (χ1v) is 11.4. The molecule has 1 aromatic heterocycles. The van der Waals surface area contributed by atoms with Gasteiger partial charge in [-0.1, -0.05) is 60.7 Å². The summed E-state index contributed by atoms with van der Waals surface area (Å²) in [4.78, 5) is 30.2. The van der Waals surface area contributed by atoms with Crippen LogP contribution in [0.3, 0.4) is 0 Å². The van der Waals surface area contributed by atoms with E-state index in [0.717, 1.165) is 22.3 Å². The maximum absolute atomic E-state index is 13.4. The van der Waals surface area contributed by atoms with E-state index in [2.05, 4.69) is 15.6 Å². The molecule has 1 atom stereocenters. The van der Waals surface area contributed by atoms with E-state index in [1.165, 1.54) is 0 Å². The maximum Gasteiger partial charge on any atom is 0.408 e. The minimum absolute atomic E-state index is 0.0801. The molecule has 0 saturated heterocycles. The third-order valence-corrected chi connectivity index (χ3v) is 5.51. The van der Waals surface area contributed by atoms with Gasteiger partial charge in [-0.2, -0.15) is 0 Å². The van der Waals surface area contributed by atoms with Crippen LogP contribution in [0.5, 0.6) is 0 Å². The Morgan fingerprint density at radius 2 is 1.64 bits per heavy atom. The van der Waals surface area contributed by atoms with Crippen LogP contribution in [-0.4, -0.2) is 17.0 Å². The molecule has 182 valence electrons. The molecule has 36 heavy (non-hydrogen) atoms. The zero-order valence-electron chi connectivity index (χ0n) is 19.6. The number of nitrogens with zero attached hydrogens (tertiary/aromatic N) is 1. The van der Waals surface area contributed by atoms with Crippen molar-refractivity contribution in [2.75, 3.05) is 11.1 Å². The number of carbonyl (C=O) groups excluding carboxylic acids is 2. The summed E-state index contributed by atoms with van der Waals surface area (Å²) < 4.78 is 5.37. The maximum atomic E-state index is 13.4. The fourth-order valence-electron chi connectivity index (χ4n) is 3.65. The number of hydrogen-bond donors (Lipinski definition) is 4. The lowest BCUT2D eigenvalue weighted by Gasteiger charge is -2.20. The third kappa shape index (κ3) is 6.46. The Hall–Kier alpha value is -4.69. The Morgan fingerprint density at radius 3 is 2.39 bits per heavy atom. The Bertz CT molecular complexity index is 1330. The van der Waals surface area contributed by atoms with Crippen LogP contribution in [0.4, 0.5) is 16.3 Å². The van der Waals surface area contributed by atoms with E-state index in [4.69, 9.17) is 16.2 Å². The highest BCUT2D eigenvalue weighted by molar-refractivity contribution is 5.97. The molecule has 4 aromatic rings. The van der Waals surface area contributed by atoms with E-state index in [1.54, 1.807) is 30.5 Å². The first-order chi connectivity index (χ1) is 17.5. The summed E-state index contributed by atoms with van der Waals surface area (Å²) in [6.07, 6.45) is 0.943. The van der Waals surface area contributed by atoms with Gasteiger partial charge in [0.15, 0.2) is 0 Å². The van der Waals surface area contributed by atoms with E-state index in [1.807, 2.05) is 66.7 Å². The molecule has 0 saturated carbocycles. The number of rotatable bonds is 8. The van der Waals surface area contributed by atoms with Crippen molar-refractivity contribution in [2.24, 2.45) is 5.73 Å². The molecule has 0 fully saturated rings. The number of benzene rings is 3. The highest BCUT2D eigenvalue weighted by atomic mass is 16.5. The van der Waals surface area contributed by atoms with Crippen molar-refractivity contribution < 1.29 is 14.3 Å². The molecule has 0 bridgehead atoms. The lowest BCUT2D eigenvalue weighted by Crippen LogP contribution is -2.37. The average Bonchev–Trinajstić information content (AvgIpc) is 2.91. The van der Waals surface area contributed by atoms with Crippen LogP contribution in [0.15, 0.2) is 97.2 Å². The topological polar surface area (TPSA) is 132 Å². The van der Waals surface area contributed by atoms with Crippen molar-refractivity contribution in [1.29, 1.82) is 0 Å². The number of aromatic nitrogens is 1. The molecule has 8 nitrogen and oxygen atoms in total. The van der Waals surface area contributed by atoms with Gasteiger partial charge in [-0.05, 0) is 52.6 Å². The number of anilines is 2. The van der Waals surface area contributed by atoms with Crippen LogP contribution >= 0.6 is 0 Å². The summed E-state index contributed by atoms with van der Waals surface area (Å²) in [6.45, 7) is 0.422. The van der Waals surface area contributed by atoms with E-state index in [-0.39, 0.29) is 6.61 Å². The predicted octanol–water partition coefficient (Wildman–Crippen LogP) is 4.40. The normalized spacial score (nSPS) is 11.4. The van der Waals surface area contributed by atoms with Crippen LogP contribution < -0.4 is 22.1 Å². The fourth-order valence-corrected chi connectivity index (χ4v) is 3.65. The quantitative estimate of drug-likeness (QED) is 0.295. The van der Waals surface area contributed by atoms with E-state index >= 15 is 0 Å². The number of amides is 2. The van der Waals surface area contributed by atoms with Crippen LogP contribution in [0, 0.1) is 0 Å². The summed E-state index contributed by atoms with van der Waals surface area (Å²) in [5.41, 5.74) is 15.9. The molecule has 0 radical (unpaired) electrons. The Morgan fingerprint density at radius 1 is 0.861 bits per heavy atom. The number of nitrogens with one attached hydrogen (secondary N) is 2. The average molecular weight is 482 g/mol. The van der Waals surface area contributed by atoms with Gasteiger partial charge in [0.25, 0.3) is 5.91 Å². The summed E-state index contributed by atoms with van der Waals surface area (Å²) in [5, 5.41) is 5.57. The van der Waals surface area contributed by atoms with Gasteiger partial charge in [0.2, 0.25) is 0 Å². The van der Waals surface area contributed by atoms with Crippen molar-refractivity contribution in [3.63, 3.8) is 0 Å². The molecule has 4 rings (SSSR count). The Labute approximate surface area is 209 Å². The van der Waals surface area contributed by atoms with Gasteiger partial charge < -0.3 is 26.8 Å². The van der Waals surface area contributed by atoms with Gasteiger partial charge in [0.05, 0.1) is 0 Å². The predicted molar refractivity (Wildman–Crippen MR) is 140 cm³/mol. The number of nitrogen functional groups attached to an aromatic ring is 1. The van der Waals surface area contributed by atoms with Crippen molar-refractivity contribution in [1.82, 2.24) is 10.3 Å². The number of hydrogen-bond acceptors (Lipinski definition) is 6. The van der Waals surface area contributed by atoms with Gasteiger partial charge in [0.1, 0.15) is 18.5 Å². The summed E-state index contributed by atoms with van der Waals surface area (Å²) in [6, 6.07) is 26.4. The number of carbonyl (C=O) groups is 2. The second kappa shape index (κ2) is 11.6. The number of nitrogens with two attached hydrogens (primary N) is 2. The zero-order chi connectivity index (χ0) is 25.3. The molecule has 0 aliphatic heterocycles. The molecule has 0 spiro atoms. The summed E-state index contributed by atoms with van der Waals surface area (Å²) >= 11 is 0. The van der Waals surface area contributed by atoms with Crippen molar-refractivity contribution in [2.45, 2.75) is 19.2 Å². The van der Waals surface area contributed by atoms with E-state index < -0.39 is 18.0 Å². The first kappa shape index (κ1) is 24.4. The Balaban J connectivity index is 1.58. The second-order valence-electron chi connectivity index (χ2n) is 8.13. The van der Waals surface area contributed by atoms with Crippen molar-refractivity contribution in [3.05, 3.63) is 114 Å². The van der Waals surface area contributed by atoms with Gasteiger partial charge >= 0.3 is 6.09 Å². The number of pyridine rings is 1. The molecular formula is C28H27N5O3. The molecular weight excluding hydrogens is 454 g/mol. The van der Waals surface area contributed by atoms with Gasteiger partial charge in [0, 0.05) is 24.0 Å². The molecule has 1 heterocycles. The largest absolute Gasteiger partial charge is 0.445 e. The van der Waals surface area contributed by atoms with Crippen LogP contribution in [-0.2, 0) is 22.7 Å². The minimum Gasteiger partial charge on any atom is -0.445 e. The number of alkyl carbamates (subject to hydrolysis) is 1. The molecule has 8 heteroatoms. The third-order valence-electron chi connectivity index (χ3n) is 5.51. The van der Waals surface area contributed by atoms with Crippen molar-refractivity contribution >= 4 is 23.5 Å². The van der Waals surface area contributed by atoms with Crippen molar-refractivity contribution in [3.8, 4) is 11.1 Å². The SMILES string of the molecule is NCc1cccc(NC(=O)[C@@H](NC(=O)OCc2ccccc2)c2cccc(-c3ccc(N)nc3)c2)c1. The molecule has 3 aromatic carbocycles. The lowest BCUT2D eigenvalue weighted by atomic mass is 9.99. The van der Waals surface area contributed by atoms with Crippen LogP contribution in [0.2, 0.25) is 0 Å². The highest BCUT2D eigenvalue weighted by Crippen LogP contribution is 2.25. The molecule has 0 aliphatic rings. The zero-order valence-corrected chi connectivity index (χ0v) is 19.6.